The summed E-state index contributed by atoms with van der Waals surface area (Å²) in [5.41, 5.74) is 0.575. The van der Waals surface area contributed by atoms with E-state index in [2.05, 4.69) is 10.6 Å². The topological polar surface area (TPSA) is 78.4 Å². The Labute approximate surface area is 128 Å². The summed E-state index contributed by atoms with van der Waals surface area (Å²) in [5.74, 6) is -0.839. The van der Waals surface area contributed by atoms with Crippen LogP contribution in [0.5, 0.6) is 0 Å². The maximum atomic E-state index is 12.0. The summed E-state index contributed by atoms with van der Waals surface area (Å²) >= 11 is 6.04. The lowest BCUT2D eigenvalue weighted by Crippen LogP contribution is -2.42. The van der Waals surface area contributed by atoms with Crippen LogP contribution in [0, 0.1) is 12.3 Å². The molecule has 0 aliphatic heterocycles. The smallest absolute Gasteiger partial charge is 0.319 e. The first-order valence-electron chi connectivity index (χ1n) is 6.98. The van der Waals surface area contributed by atoms with Crippen molar-refractivity contribution in [3.63, 3.8) is 0 Å². The lowest BCUT2D eigenvalue weighted by molar-refractivity contribution is -0.148. The van der Waals surface area contributed by atoms with E-state index in [4.69, 9.17) is 11.6 Å². The van der Waals surface area contributed by atoms with Crippen LogP contribution < -0.4 is 10.6 Å². The highest BCUT2D eigenvalue weighted by Gasteiger charge is 2.41. The Morgan fingerprint density at radius 1 is 1.33 bits per heavy atom. The van der Waals surface area contributed by atoms with Crippen LogP contribution in [0.15, 0.2) is 18.2 Å². The third kappa shape index (κ3) is 3.47. The monoisotopic (exact) mass is 310 g/mol. The molecule has 2 rings (SSSR count). The maximum Gasteiger partial charge on any atom is 0.319 e. The zero-order chi connectivity index (χ0) is 15.5. The molecule has 1 aliphatic rings. The second-order valence-corrected chi connectivity index (χ2v) is 5.94. The van der Waals surface area contributed by atoms with Gasteiger partial charge >= 0.3 is 12.0 Å². The summed E-state index contributed by atoms with van der Waals surface area (Å²) in [6.07, 6.45) is 2.99. The van der Waals surface area contributed by atoms with Gasteiger partial charge < -0.3 is 15.7 Å². The van der Waals surface area contributed by atoms with Gasteiger partial charge in [-0.1, -0.05) is 36.6 Å². The fraction of sp³-hybridized carbons (Fsp3) is 0.467. The molecule has 0 atom stereocenters. The number of hydrogen-bond donors (Lipinski definition) is 3. The number of nitrogens with one attached hydrogen (secondary N) is 2. The molecule has 1 aromatic rings. The van der Waals surface area contributed by atoms with Crippen molar-refractivity contribution in [2.24, 2.45) is 5.41 Å². The zero-order valence-electron chi connectivity index (χ0n) is 11.9. The van der Waals surface area contributed by atoms with Crippen molar-refractivity contribution < 1.29 is 14.7 Å². The molecule has 21 heavy (non-hydrogen) atoms. The second kappa shape index (κ2) is 6.35. The average molecular weight is 311 g/mol. The predicted molar refractivity (Wildman–Crippen MR) is 81.7 cm³/mol. The fourth-order valence-electron chi connectivity index (χ4n) is 2.72. The first kappa shape index (κ1) is 15.6. The number of halogens is 1. The number of carbonyl (C=O) groups is 2. The number of carboxylic acids is 1. The van der Waals surface area contributed by atoms with Crippen LogP contribution in [0.4, 0.5) is 10.5 Å². The van der Waals surface area contributed by atoms with Crippen molar-refractivity contribution in [3.8, 4) is 0 Å². The van der Waals surface area contributed by atoms with Crippen LogP contribution in [0.1, 0.15) is 31.2 Å². The Kier molecular flexibility index (Phi) is 4.73. The maximum absolute atomic E-state index is 12.0. The van der Waals surface area contributed by atoms with Crippen LogP contribution in [0.25, 0.3) is 0 Å². The van der Waals surface area contributed by atoms with E-state index >= 15 is 0 Å². The summed E-state index contributed by atoms with van der Waals surface area (Å²) in [6, 6.07) is 4.91. The highest BCUT2D eigenvalue weighted by Crippen LogP contribution is 2.37. The first-order valence-corrected chi connectivity index (χ1v) is 7.36. The molecule has 6 heteroatoms. The largest absolute Gasteiger partial charge is 0.481 e. The number of hydrogen-bond acceptors (Lipinski definition) is 2. The normalized spacial score (nSPS) is 16.5. The van der Waals surface area contributed by atoms with Gasteiger partial charge in [0, 0.05) is 6.54 Å². The molecule has 0 spiro atoms. The summed E-state index contributed by atoms with van der Waals surface area (Å²) in [7, 11) is 0. The van der Waals surface area contributed by atoms with Crippen LogP contribution in [-0.2, 0) is 4.79 Å². The van der Waals surface area contributed by atoms with Crippen LogP contribution in [-0.4, -0.2) is 23.7 Å². The number of anilines is 1. The minimum Gasteiger partial charge on any atom is -0.481 e. The number of urea groups is 1. The number of amides is 2. The van der Waals surface area contributed by atoms with Crippen molar-refractivity contribution in [1.82, 2.24) is 5.32 Å². The molecule has 1 fully saturated rings. The van der Waals surface area contributed by atoms with Crippen molar-refractivity contribution in [2.75, 3.05) is 11.9 Å². The fourth-order valence-corrected chi connectivity index (χ4v) is 2.98. The van der Waals surface area contributed by atoms with Gasteiger partial charge in [0.05, 0.1) is 16.1 Å². The van der Waals surface area contributed by atoms with E-state index in [1.54, 1.807) is 12.1 Å². The molecule has 2 amide bonds. The van der Waals surface area contributed by atoms with E-state index in [1.807, 2.05) is 13.0 Å². The minimum absolute atomic E-state index is 0.137. The minimum atomic E-state index is -0.839. The molecule has 0 aromatic heterocycles. The standard InChI is InChI=1S/C15H19ClN2O3/c1-10-5-4-6-11(16)12(10)18-14(21)17-9-15(13(19)20)7-2-3-8-15/h4-6H,2-3,7-9H2,1H3,(H,19,20)(H2,17,18,21). The second-order valence-electron chi connectivity index (χ2n) is 5.53. The van der Waals surface area contributed by atoms with Crippen molar-refractivity contribution in [3.05, 3.63) is 28.8 Å². The van der Waals surface area contributed by atoms with Gasteiger partial charge in [0.15, 0.2) is 0 Å². The molecule has 114 valence electrons. The first-order chi connectivity index (χ1) is 9.94. The van der Waals surface area contributed by atoms with Gasteiger partial charge in [-0.15, -0.1) is 0 Å². The molecular formula is C15H19ClN2O3. The van der Waals surface area contributed by atoms with Gasteiger partial charge in [-0.25, -0.2) is 4.79 Å². The third-order valence-electron chi connectivity index (χ3n) is 4.06. The molecular weight excluding hydrogens is 292 g/mol. The number of carbonyl (C=O) groups excluding carboxylic acids is 1. The van der Waals surface area contributed by atoms with E-state index in [9.17, 15) is 14.7 Å². The molecule has 1 saturated carbocycles. The lowest BCUT2D eigenvalue weighted by Gasteiger charge is -2.24. The number of rotatable bonds is 4. The molecule has 1 aliphatic carbocycles. The number of carboxylic acid groups (broad SMARTS) is 1. The SMILES string of the molecule is Cc1cccc(Cl)c1NC(=O)NCC1(C(=O)O)CCCC1. The van der Waals surface area contributed by atoms with E-state index in [0.717, 1.165) is 18.4 Å². The Balaban J connectivity index is 1.98. The number of aliphatic carboxylic acids is 1. The van der Waals surface area contributed by atoms with Crippen molar-refractivity contribution in [2.45, 2.75) is 32.6 Å². The summed E-state index contributed by atoms with van der Waals surface area (Å²) in [5, 5.41) is 15.2. The Hall–Kier alpha value is -1.75. The van der Waals surface area contributed by atoms with Gasteiger partial charge in [0.1, 0.15) is 0 Å². The van der Waals surface area contributed by atoms with Gasteiger partial charge in [-0.2, -0.15) is 0 Å². The van der Waals surface area contributed by atoms with Crippen molar-refractivity contribution in [1.29, 1.82) is 0 Å². The molecule has 0 bridgehead atoms. The molecule has 0 saturated heterocycles. The van der Waals surface area contributed by atoms with Crippen LogP contribution in [0.3, 0.4) is 0 Å². The molecule has 0 radical (unpaired) electrons. The Morgan fingerprint density at radius 2 is 2.00 bits per heavy atom. The van der Waals surface area contributed by atoms with E-state index in [0.29, 0.717) is 23.6 Å². The molecule has 0 unspecified atom stereocenters. The van der Waals surface area contributed by atoms with Crippen LogP contribution in [0.2, 0.25) is 5.02 Å². The lowest BCUT2D eigenvalue weighted by atomic mass is 9.86. The van der Waals surface area contributed by atoms with Crippen molar-refractivity contribution >= 4 is 29.3 Å². The average Bonchev–Trinajstić information content (AvgIpc) is 2.91. The van der Waals surface area contributed by atoms with Crippen LogP contribution >= 0.6 is 11.6 Å². The highest BCUT2D eigenvalue weighted by molar-refractivity contribution is 6.33. The van der Waals surface area contributed by atoms with E-state index < -0.39 is 17.4 Å². The van der Waals surface area contributed by atoms with E-state index in [1.165, 1.54) is 0 Å². The molecule has 0 heterocycles. The predicted octanol–water partition coefficient (Wildman–Crippen LogP) is 3.41. The zero-order valence-corrected chi connectivity index (χ0v) is 12.7. The van der Waals surface area contributed by atoms with Gasteiger partial charge in [0.2, 0.25) is 0 Å². The van der Waals surface area contributed by atoms with E-state index in [-0.39, 0.29) is 6.54 Å². The summed E-state index contributed by atoms with van der Waals surface area (Å²) < 4.78 is 0. The summed E-state index contributed by atoms with van der Waals surface area (Å²) in [4.78, 5) is 23.4. The van der Waals surface area contributed by atoms with Gasteiger partial charge in [-0.3, -0.25) is 4.79 Å². The molecule has 3 N–H and O–H groups in total. The highest BCUT2D eigenvalue weighted by atomic mass is 35.5. The number of para-hydroxylation sites is 1. The third-order valence-corrected chi connectivity index (χ3v) is 4.38. The quantitative estimate of drug-likeness (QED) is 0.797. The number of aryl methyl sites for hydroxylation is 1. The summed E-state index contributed by atoms with van der Waals surface area (Å²) in [6.45, 7) is 1.98. The number of benzene rings is 1. The Morgan fingerprint density at radius 3 is 2.57 bits per heavy atom. The molecule has 5 nitrogen and oxygen atoms in total. The Bertz CT molecular complexity index is 534. The van der Waals surface area contributed by atoms with Gasteiger partial charge in [-0.05, 0) is 31.4 Å². The molecule has 1 aromatic carbocycles. The van der Waals surface area contributed by atoms with Gasteiger partial charge in [0.25, 0.3) is 0 Å².